The van der Waals surface area contributed by atoms with E-state index in [1.54, 1.807) is 0 Å². The van der Waals surface area contributed by atoms with Crippen LogP contribution in [0.25, 0.3) is 0 Å². The predicted octanol–water partition coefficient (Wildman–Crippen LogP) is 0.180. The Kier molecular flexibility index (Phi) is 3.28. The molecule has 2 unspecified atom stereocenters. The van der Waals surface area contributed by atoms with Crippen LogP contribution in [-0.2, 0) is 9.59 Å². The van der Waals surface area contributed by atoms with Crippen LogP contribution in [-0.4, -0.2) is 23.9 Å². The van der Waals surface area contributed by atoms with Gasteiger partial charge < -0.3 is 10.6 Å². The van der Waals surface area contributed by atoms with Crippen molar-refractivity contribution in [2.45, 2.75) is 45.2 Å². The van der Waals surface area contributed by atoms with Crippen molar-refractivity contribution in [1.29, 1.82) is 0 Å². The molecule has 1 heterocycles. The quantitative estimate of drug-likeness (QED) is 0.657. The molecule has 0 aliphatic carbocycles. The van der Waals surface area contributed by atoms with Crippen molar-refractivity contribution in [1.82, 2.24) is 10.6 Å². The summed E-state index contributed by atoms with van der Waals surface area (Å²) in [6.45, 7) is 3.87. The highest BCUT2D eigenvalue weighted by Crippen LogP contribution is 2.05. The third-order valence-corrected chi connectivity index (χ3v) is 2.25. The minimum absolute atomic E-state index is 0.0479. The second-order valence-corrected chi connectivity index (χ2v) is 3.32. The number of piperazine rings is 1. The topological polar surface area (TPSA) is 58.2 Å². The van der Waals surface area contributed by atoms with Gasteiger partial charge in [0.25, 0.3) is 0 Å². The van der Waals surface area contributed by atoms with E-state index < -0.39 is 0 Å². The molecule has 2 amide bonds. The molecule has 4 heteroatoms. The zero-order valence-electron chi connectivity index (χ0n) is 8.09. The van der Waals surface area contributed by atoms with E-state index in [2.05, 4.69) is 10.6 Å². The third-order valence-electron chi connectivity index (χ3n) is 2.25. The number of hydrogen-bond acceptors (Lipinski definition) is 2. The van der Waals surface area contributed by atoms with Gasteiger partial charge >= 0.3 is 0 Å². The molecule has 13 heavy (non-hydrogen) atoms. The van der Waals surface area contributed by atoms with Crippen LogP contribution in [0.3, 0.4) is 0 Å². The normalized spacial score (nSPS) is 28.2. The summed E-state index contributed by atoms with van der Waals surface area (Å²) in [6, 6.07) is -0.652. The minimum Gasteiger partial charge on any atom is -0.343 e. The van der Waals surface area contributed by atoms with E-state index >= 15 is 0 Å². The minimum atomic E-state index is -0.333. The van der Waals surface area contributed by atoms with Crippen LogP contribution in [0, 0.1) is 0 Å². The molecule has 0 aromatic rings. The Bertz CT molecular complexity index is 216. The van der Waals surface area contributed by atoms with Gasteiger partial charge in [-0.15, -0.1) is 0 Å². The first kappa shape index (κ1) is 10.0. The van der Waals surface area contributed by atoms with Gasteiger partial charge in [0.15, 0.2) is 0 Å². The molecule has 0 aromatic carbocycles. The Balaban J connectivity index is 2.56. The van der Waals surface area contributed by atoms with Crippen LogP contribution in [0.1, 0.15) is 33.1 Å². The van der Waals surface area contributed by atoms with Crippen LogP contribution in [0.4, 0.5) is 0 Å². The predicted molar refractivity (Wildman–Crippen MR) is 49.1 cm³/mol. The maximum atomic E-state index is 11.4. The van der Waals surface area contributed by atoms with E-state index in [1.807, 2.05) is 13.8 Å². The molecule has 1 fully saturated rings. The van der Waals surface area contributed by atoms with Gasteiger partial charge in [0.05, 0.1) is 0 Å². The summed E-state index contributed by atoms with van der Waals surface area (Å²) in [5, 5.41) is 5.42. The molecule has 0 saturated carbocycles. The largest absolute Gasteiger partial charge is 0.343 e. The van der Waals surface area contributed by atoms with Gasteiger partial charge in [0.2, 0.25) is 11.8 Å². The lowest BCUT2D eigenvalue weighted by molar-refractivity contribution is -0.137. The molecule has 1 aliphatic heterocycles. The first-order valence-electron chi connectivity index (χ1n) is 4.79. The van der Waals surface area contributed by atoms with Gasteiger partial charge in [0.1, 0.15) is 12.1 Å². The highest BCUT2D eigenvalue weighted by molar-refractivity contribution is 5.96. The Morgan fingerprint density at radius 3 is 2.15 bits per heavy atom. The van der Waals surface area contributed by atoms with Gasteiger partial charge in [-0.05, 0) is 12.8 Å². The fourth-order valence-corrected chi connectivity index (χ4v) is 1.46. The van der Waals surface area contributed by atoms with Crippen LogP contribution < -0.4 is 10.6 Å². The van der Waals surface area contributed by atoms with Crippen LogP contribution in [0.15, 0.2) is 0 Å². The second kappa shape index (κ2) is 4.25. The number of rotatable bonds is 3. The molecule has 2 N–H and O–H groups in total. The van der Waals surface area contributed by atoms with E-state index in [1.165, 1.54) is 0 Å². The van der Waals surface area contributed by atoms with E-state index in [0.29, 0.717) is 12.8 Å². The first-order valence-corrected chi connectivity index (χ1v) is 4.79. The van der Waals surface area contributed by atoms with Crippen LogP contribution in [0.2, 0.25) is 0 Å². The molecule has 1 rings (SSSR count). The zero-order valence-corrected chi connectivity index (χ0v) is 8.09. The summed E-state index contributed by atoms with van der Waals surface area (Å²) in [6.07, 6.45) is 2.26. The molecule has 4 nitrogen and oxygen atoms in total. The van der Waals surface area contributed by atoms with Crippen molar-refractivity contribution < 1.29 is 9.59 Å². The lowest BCUT2D eigenvalue weighted by atomic mass is 10.1. The van der Waals surface area contributed by atoms with Crippen LogP contribution >= 0.6 is 0 Å². The molecule has 0 radical (unpaired) electrons. The molecule has 74 valence electrons. The lowest BCUT2D eigenvalue weighted by Crippen LogP contribution is -2.61. The van der Waals surface area contributed by atoms with Gasteiger partial charge in [-0.2, -0.15) is 0 Å². The summed E-state index contributed by atoms with van der Waals surface area (Å²) in [5.74, 6) is -0.103. The average molecular weight is 184 g/mol. The van der Waals surface area contributed by atoms with E-state index in [9.17, 15) is 9.59 Å². The lowest BCUT2D eigenvalue weighted by Gasteiger charge is -2.28. The van der Waals surface area contributed by atoms with Gasteiger partial charge in [-0.25, -0.2) is 0 Å². The molecular weight excluding hydrogens is 168 g/mol. The fourth-order valence-electron chi connectivity index (χ4n) is 1.46. The smallest absolute Gasteiger partial charge is 0.243 e. The molecule has 2 atom stereocenters. The summed E-state index contributed by atoms with van der Waals surface area (Å²) >= 11 is 0. The number of hydrogen-bond donors (Lipinski definition) is 2. The molecule has 0 spiro atoms. The summed E-state index contributed by atoms with van der Waals surface area (Å²) in [5.41, 5.74) is 0. The monoisotopic (exact) mass is 184 g/mol. The van der Waals surface area contributed by atoms with Gasteiger partial charge in [0, 0.05) is 0 Å². The van der Waals surface area contributed by atoms with E-state index in [-0.39, 0.29) is 23.9 Å². The Labute approximate surface area is 78.1 Å². The van der Waals surface area contributed by atoms with Crippen molar-refractivity contribution in [2.24, 2.45) is 0 Å². The Hall–Kier alpha value is -1.06. The van der Waals surface area contributed by atoms with Crippen molar-refractivity contribution >= 4 is 11.8 Å². The highest BCUT2D eigenvalue weighted by Gasteiger charge is 2.31. The first-order chi connectivity index (χ1) is 6.19. The van der Waals surface area contributed by atoms with Gasteiger partial charge in [-0.1, -0.05) is 20.3 Å². The number of carbonyl (C=O) groups excluding carboxylic acids is 2. The number of carbonyl (C=O) groups is 2. The zero-order chi connectivity index (χ0) is 9.84. The Morgan fingerprint density at radius 1 is 1.08 bits per heavy atom. The van der Waals surface area contributed by atoms with Crippen LogP contribution in [0.5, 0.6) is 0 Å². The molecule has 0 aromatic heterocycles. The van der Waals surface area contributed by atoms with Gasteiger partial charge in [-0.3, -0.25) is 9.59 Å². The second-order valence-electron chi connectivity index (χ2n) is 3.32. The maximum absolute atomic E-state index is 11.4. The summed E-state index contributed by atoms with van der Waals surface area (Å²) in [4.78, 5) is 22.7. The average Bonchev–Trinajstić information content (AvgIpc) is 2.11. The Morgan fingerprint density at radius 2 is 1.62 bits per heavy atom. The van der Waals surface area contributed by atoms with Crippen molar-refractivity contribution in [3.63, 3.8) is 0 Å². The summed E-state index contributed by atoms with van der Waals surface area (Å²) < 4.78 is 0. The van der Waals surface area contributed by atoms with Crippen molar-refractivity contribution in [2.75, 3.05) is 0 Å². The molecular formula is C9H16N2O2. The SMILES string of the molecule is CCCC1NC(=O)C(CC)NC1=O. The van der Waals surface area contributed by atoms with E-state index in [0.717, 1.165) is 6.42 Å². The molecule has 1 aliphatic rings. The van der Waals surface area contributed by atoms with E-state index in [4.69, 9.17) is 0 Å². The third kappa shape index (κ3) is 2.20. The molecule has 0 bridgehead atoms. The highest BCUT2D eigenvalue weighted by atomic mass is 16.2. The van der Waals surface area contributed by atoms with Crippen molar-refractivity contribution in [3.8, 4) is 0 Å². The van der Waals surface area contributed by atoms with Crippen molar-refractivity contribution in [3.05, 3.63) is 0 Å². The number of nitrogens with one attached hydrogen (secondary N) is 2. The maximum Gasteiger partial charge on any atom is 0.243 e. The summed E-state index contributed by atoms with van der Waals surface area (Å²) in [7, 11) is 0. The molecule has 1 saturated heterocycles. The number of amides is 2. The fraction of sp³-hybridized carbons (Fsp3) is 0.778. The standard InChI is InChI=1S/C9H16N2O2/c1-3-5-7-9(13)10-6(4-2)8(12)11-7/h6-7H,3-5H2,1-2H3,(H,10,13)(H,11,12).